The lowest BCUT2D eigenvalue weighted by molar-refractivity contribution is -0.140. The molecule has 0 saturated heterocycles. The standard InChI is InChI=1S/C14H14BrNO6/c1-20-13(18)9-6-22-7-16(12(9)14(19)21-2)10-4-3-8(15)5-11(10)17/h3-5,17H,6-7H2,1-2H3. The van der Waals surface area contributed by atoms with Crippen molar-refractivity contribution in [3.63, 3.8) is 0 Å². The van der Waals surface area contributed by atoms with Gasteiger partial charge in [0.15, 0.2) is 0 Å². The second-order valence-electron chi connectivity index (χ2n) is 4.35. The number of esters is 2. The molecule has 7 nitrogen and oxygen atoms in total. The highest BCUT2D eigenvalue weighted by Gasteiger charge is 2.33. The Morgan fingerprint density at radius 3 is 2.55 bits per heavy atom. The summed E-state index contributed by atoms with van der Waals surface area (Å²) in [6.45, 7) is -0.0922. The Balaban J connectivity index is 2.57. The first-order valence-corrected chi connectivity index (χ1v) is 7.02. The zero-order valence-electron chi connectivity index (χ0n) is 12.0. The van der Waals surface area contributed by atoms with E-state index in [1.807, 2.05) is 0 Å². The van der Waals surface area contributed by atoms with Crippen LogP contribution < -0.4 is 4.90 Å². The summed E-state index contributed by atoms with van der Waals surface area (Å²) in [4.78, 5) is 25.3. The molecule has 0 aromatic heterocycles. The Morgan fingerprint density at radius 1 is 1.27 bits per heavy atom. The van der Waals surface area contributed by atoms with Crippen molar-refractivity contribution in [2.45, 2.75) is 0 Å². The highest BCUT2D eigenvalue weighted by atomic mass is 79.9. The molecule has 0 aliphatic carbocycles. The van der Waals surface area contributed by atoms with Gasteiger partial charge in [-0.05, 0) is 18.2 Å². The number of phenolic OH excluding ortho intramolecular Hbond substituents is 1. The molecule has 0 spiro atoms. The topological polar surface area (TPSA) is 85.3 Å². The average molecular weight is 372 g/mol. The summed E-state index contributed by atoms with van der Waals surface area (Å²) in [5.74, 6) is -1.49. The number of benzene rings is 1. The largest absolute Gasteiger partial charge is 0.506 e. The van der Waals surface area contributed by atoms with E-state index in [2.05, 4.69) is 20.7 Å². The predicted molar refractivity (Wildman–Crippen MR) is 80.2 cm³/mol. The number of halogens is 1. The fourth-order valence-corrected chi connectivity index (χ4v) is 2.41. The predicted octanol–water partition coefficient (Wildman–Crippen LogP) is 1.55. The van der Waals surface area contributed by atoms with Gasteiger partial charge in [0.05, 0.1) is 32.1 Å². The van der Waals surface area contributed by atoms with E-state index in [9.17, 15) is 14.7 Å². The summed E-state index contributed by atoms with van der Waals surface area (Å²) >= 11 is 3.24. The number of phenols is 1. The summed E-state index contributed by atoms with van der Waals surface area (Å²) in [7, 11) is 2.42. The second-order valence-corrected chi connectivity index (χ2v) is 5.26. The van der Waals surface area contributed by atoms with Gasteiger partial charge < -0.3 is 24.2 Å². The van der Waals surface area contributed by atoms with Crippen LogP contribution in [0.5, 0.6) is 5.75 Å². The number of rotatable bonds is 3. The highest BCUT2D eigenvalue weighted by molar-refractivity contribution is 9.10. The van der Waals surface area contributed by atoms with Crippen molar-refractivity contribution in [3.8, 4) is 5.75 Å². The quantitative estimate of drug-likeness (QED) is 0.806. The number of ether oxygens (including phenoxy) is 3. The van der Waals surface area contributed by atoms with E-state index < -0.39 is 11.9 Å². The van der Waals surface area contributed by atoms with Crippen LogP contribution in [0.1, 0.15) is 0 Å². The number of carbonyl (C=O) groups excluding carboxylic acids is 2. The van der Waals surface area contributed by atoms with Gasteiger partial charge in [-0.1, -0.05) is 15.9 Å². The Hall–Kier alpha value is -2.06. The second kappa shape index (κ2) is 6.80. The lowest BCUT2D eigenvalue weighted by Crippen LogP contribution is -2.38. The Bertz CT molecular complexity index is 642. The van der Waals surface area contributed by atoms with E-state index in [0.717, 1.165) is 0 Å². The summed E-state index contributed by atoms with van der Waals surface area (Å²) in [6, 6.07) is 4.75. The zero-order valence-corrected chi connectivity index (χ0v) is 13.5. The number of anilines is 1. The third kappa shape index (κ3) is 3.07. The van der Waals surface area contributed by atoms with Gasteiger partial charge in [0.1, 0.15) is 18.2 Å². The molecule has 0 radical (unpaired) electrons. The molecule has 1 aliphatic rings. The van der Waals surface area contributed by atoms with Gasteiger partial charge in [0.2, 0.25) is 0 Å². The highest BCUT2D eigenvalue weighted by Crippen LogP contribution is 2.35. The van der Waals surface area contributed by atoms with Crippen molar-refractivity contribution >= 4 is 33.6 Å². The molecule has 22 heavy (non-hydrogen) atoms. The third-order valence-electron chi connectivity index (χ3n) is 3.06. The first kappa shape index (κ1) is 16.3. The van der Waals surface area contributed by atoms with Crippen LogP contribution in [0.25, 0.3) is 0 Å². The summed E-state index contributed by atoms with van der Waals surface area (Å²) < 4.78 is 15.4. The summed E-state index contributed by atoms with van der Waals surface area (Å²) in [5.41, 5.74) is 0.325. The molecule has 1 aliphatic heterocycles. The molecule has 1 aromatic rings. The molecule has 118 valence electrons. The molecular formula is C14H14BrNO6. The lowest BCUT2D eigenvalue weighted by Gasteiger charge is -2.31. The molecule has 0 amide bonds. The van der Waals surface area contributed by atoms with Crippen LogP contribution in [-0.2, 0) is 23.8 Å². The third-order valence-corrected chi connectivity index (χ3v) is 3.55. The molecule has 2 rings (SSSR count). The van der Waals surface area contributed by atoms with Crippen LogP contribution >= 0.6 is 15.9 Å². The van der Waals surface area contributed by atoms with E-state index in [1.54, 1.807) is 12.1 Å². The smallest absolute Gasteiger partial charge is 0.355 e. The molecule has 1 heterocycles. The first-order chi connectivity index (χ1) is 10.5. The van der Waals surface area contributed by atoms with E-state index in [0.29, 0.717) is 10.2 Å². The van der Waals surface area contributed by atoms with Crippen LogP contribution in [0.15, 0.2) is 33.9 Å². The van der Waals surface area contributed by atoms with Crippen molar-refractivity contribution in [1.29, 1.82) is 0 Å². The van der Waals surface area contributed by atoms with E-state index in [-0.39, 0.29) is 30.4 Å². The van der Waals surface area contributed by atoms with Crippen LogP contribution in [0.4, 0.5) is 5.69 Å². The number of nitrogens with zero attached hydrogens (tertiary/aromatic N) is 1. The minimum atomic E-state index is -0.717. The molecule has 0 bridgehead atoms. The molecule has 8 heteroatoms. The number of carbonyl (C=O) groups is 2. The monoisotopic (exact) mass is 371 g/mol. The first-order valence-electron chi connectivity index (χ1n) is 6.23. The van der Waals surface area contributed by atoms with E-state index in [4.69, 9.17) is 9.47 Å². The van der Waals surface area contributed by atoms with Gasteiger partial charge in [0, 0.05) is 4.47 Å². The van der Waals surface area contributed by atoms with Gasteiger partial charge in [0.25, 0.3) is 0 Å². The molecule has 0 atom stereocenters. The maximum absolute atomic E-state index is 12.1. The fraction of sp³-hybridized carbons (Fsp3) is 0.286. The van der Waals surface area contributed by atoms with Crippen LogP contribution in [-0.4, -0.2) is 44.6 Å². The molecule has 0 saturated carbocycles. The number of hydrogen-bond donors (Lipinski definition) is 1. The lowest BCUT2D eigenvalue weighted by atomic mass is 10.1. The van der Waals surface area contributed by atoms with Gasteiger partial charge in [-0.3, -0.25) is 0 Å². The maximum Gasteiger partial charge on any atom is 0.355 e. The molecular weight excluding hydrogens is 358 g/mol. The molecule has 1 aromatic carbocycles. The number of methoxy groups -OCH3 is 2. The van der Waals surface area contributed by atoms with Gasteiger partial charge in [-0.25, -0.2) is 9.59 Å². The van der Waals surface area contributed by atoms with E-state index in [1.165, 1.54) is 25.2 Å². The molecule has 0 unspecified atom stereocenters. The molecule has 1 N–H and O–H groups in total. The minimum Gasteiger partial charge on any atom is -0.506 e. The van der Waals surface area contributed by atoms with Gasteiger partial charge >= 0.3 is 11.9 Å². The Kier molecular flexibility index (Phi) is 5.04. The van der Waals surface area contributed by atoms with Gasteiger partial charge in [-0.2, -0.15) is 0 Å². The van der Waals surface area contributed by atoms with Crippen molar-refractivity contribution in [2.24, 2.45) is 0 Å². The van der Waals surface area contributed by atoms with E-state index >= 15 is 0 Å². The fourth-order valence-electron chi connectivity index (χ4n) is 2.06. The zero-order chi connectivity index (χ0) is 16.3. The maximum atomic E-state index is 12.1. The van der Waals surface area contributed by atoms with Crippen molar-refractivity contribution in [3.05, 3.63) is 33.9 Å². The van der Waals surface area contributed by atoms with Gasteiger partial charge in [-0.15, -0.1) is 0 Å². The number of hydrogen-bond acceptors (Lipinski definition) is 7. The minimum absolute atomic E-state index is 0.0138. The summed E-state index contributed by atoms with van der Waals surface area (Å²) in [5, 5.41) is 10.1. The SMILES string of the molecule is COC(=O)C1=C(C(=O)OC)N(c2ccc(Br)cc2O)COC1. The average Bonchev–Trinajstić information content (AvgIpc) is 2.52. The van der Waals surface area contributed by atoms with Crippen LogP contribution in [0, 0.1) is 0 Å². The van der Waals surface area contributed by atoms with Crippen LogP contribution in [0.3, 0.4) is 0 Å². The molecule has 0 fully saturated rings. The summed E-state index contributed by atoms with van der Waals surface area (Å²) in [6.07, 6.45) is 0. The van der Waals surface area contributed by atoms with Crippen molar-refractivity contribution < 1.29 is 28.9 Å². The number of aromatic hydroxyl groups is 1. The Labute approximate surface area is 135 Å². The van der Waals surface area contributed by atoms with Crippen molar-refractivity contribution in [2.75, 3.05) is 32.5 Å². The normalized spacial score (nSPS) is 14.8. The Morgan fingerprint density at radius 2 is 1.95 bits per heavy atom. The van der Waals surface area contributed by atoms with Crippen molar-refractivity contribution in [1.82, 2.24) is 0 Å². The van der Waals surface area contributed by atoms with Crippen LogP contribution in [0.2, 0.25) is 0 Å².